The minimum atomic E-state index is -0.345. The van der Waals surface area contributed by atoms with Crippen molar-refractivity contribution in [3.8, 4) is 0 Å². The summed E-state index contributed by atoms with van der Waals surface area (Å²) in [7, 11) is 0. The number of hydrogen-bond acceptors (Lipinski definition) is 5. The van der Waals surface area contributed by atoms with Crippen LogP contribution >= 0.6 is 11.3 Å². The SMILES string of the molecule is CCOC(=O)c1c(NC(=O)C(C)CN)sc2c1CCC2. The number of rotatable bonds is 5. The Hall–Kier alpha value is -1.40. The monoisotopic (exact) mass is 296 g/mol. The van der Waals surface area contributed by atoms with Crippen molar-refractivity contribution < 1.29 is 14.3 Å². The zero-order valence-corrected chi connectivity index (χ0v) is 12.6. The van der Waals surface area contributed by atoms with Gasteiger partial charge in [0.1, 0.15) is 5.00 Å². The van der Waals surface area contributed by atoms with Gasteiger partial charge in [-0.05, 0) is 31.7 Å². The highest BCUT2D eigenvalue weighted by atomic mass is 32.1. The Morgan fingerprint density at radius 2 is 2.20 bits per heavy atom. The normalized spacial score (nSPS) is 14.8. The summed E-state index contributed by atoms with van der Waals surface area (Å²) in [6, 6.07) is 0. The number of hydrogen-bond donors (Lipinski definition) is 2. The second-order valence-corrected chi connectivity index (χ2v) is 6.01. The van der Waals surface area contributed by atoms with Crippen LogP contribution in [0.15, 0.2) is 0 Å². The summed E-state index contributed by atoms with van der Waals surface area (Å²) in [5, 5.41) is 3.44. The minimum Gasteiger partial charge on any atom is -0.462 e. The van der Waals surface area contributed by atoms with Gasteiger partial charge in [-0.15, -0.1) is 11.3 Å². The zero-order chi connectivity index (χ0) is 14.7. The van der Waals surface area contributed by atoms with Crippen molar-refractivity contribution in [1.82, 2.24) is 0 Å². The lowest BCUT2D eigenvalue weighted by molar-refractivity contribution is -0.119. The molecule has 2 rings (SSSR count). The fourth-order valence-corrected chi connectivity index (χ4v) is 3.53. The fraction of sp³-hybridized carbons (Fsp3) is 0.571. The van der Waals surface area contributed by atoms with Crippen molar-refractivity contribution in [3.63, 3.8) is 0 Å². The van der Waals surface area contributed by atoms with E-state index in [0.29, 0.717) is 17.2 Å². The zero-order valence-electron chi connectivity index (χ0n) is 11.8. The van der Waals surface area contributed by atoms with E-state index in [1.807, 2.05) is 0 Å². The summed E-state index contributed by atoms with van der Waals surface area (Å²) in [5.41, 5.74) is 7.08. The van der Waals surface area contributed by atoms with Crippen molar-refractivity contribution in [2.75, 3.05) is 18.5 Å². The van der Waals surface area contributed by atoms with E-state index in [0.717, 1.165) is 24.8 Å². The third-order valence-corrected chi connectivity index (χ3v) is 4.65. The molecule has 1 unspecified atom stereocenters. The van der Waals surface area contributed by atoms with Gasteiger partial charge in [0.25, 0.3) is 0 Å². The average Bonchev–Trinajstić information content (AvgIpc) is 2.97. The Morgan fingerprint density at radius 3 is 2.85 bits per heavy atom. The van der Waals surface area contributed by atoms with Crippen molar-refractivity contribution in [2.45, 2.75) is 33.1 Å². The van der Waals surface area contributed by atoms with Gasteiger partial charge in [0, 0.05) is 17.3 Å². The Morgan fingerprint density at radius 1 is 1.45 bits per heavy atom. The third-order valence-electron chi connectivity index (χ3n) is 3.44. The highest BCUT2D eigenvalue weighted by molar-refractivity contribution is 7.17. The van der Waals surface area contributed by atoms with E-state index >= 15 is 0 Å². The van der Waals surface area contributed by atoms with E-state index in [9.17, 15) is 9.59 Å². The van der Waals surface area contributed by atoms with Gasteiger partial charge in [-0.25, -0.2) is 4.79 Å². The van der Waals surface area contributed by atoms with Crippen LogP contribution in [0.3, 0.4) is 0 Å². The third kappa shape index (κ3) is 2.86. The molecule has 1 aliphatic rings. The molecule has 0 aliphatic heterocycles. The highest BCUT2D eigenvalue weighted by Gasteiger charge is 2.28. The number of ether oxygens (including phenoxy) is 1. The van der Waals surface area contributed by atoms with E-state index in [1.165, 1.54) is 16.2 Å². The first-order chi connectivity index (χ1) is 9.58. The summed E-state index contributed by atoms with van der Waals surface area (Å²) in [6.45, 7) is 4.15. The lowest BCUT2D eigenvalue weighted by Gasteiger charge is -2.11. The number of nitrogens with two attached hydrogens (primary N) is 1. The largest absolute Gasteiger partial charge is 0.462 e. The average molecular weight is 296 g/mol. The van der Waals surface area contributed by atoms with E-state index in [-0.39, 0.29) is 24.3 Å². The second kappa shape index (κ2) is 6.37. The van der Waals surface area contributed by atoms with Crippen molar-refractivity contribution in [2.24, 2.45) is 11.7 Å². The maximum Gasteiger partial charge on any atom is 0.341 e. The number of thiophene rings is 1. The molecule has 6 heteroatoms. The van der Waals surface area contributed by atoms with Crippen LogP contribution in [-0.4, -0.2) is 25.0 Å². The summed E-state index contributed by atoms with van der Waals surface area (Å²) < 4.78 is 5.11. The fourth-order valence-electron chi connectivity index (χ4n) is 2.25. The molecule has 0 spiro atoms. The van der Waals surface area contributed by atoms with Crippen LogP contribution in [-0.2, 0) is 22.4 Å². The molecule has 1 atom stereocenters. The Kier molecular flexibility index (Phi) is 4.77. The Bertz CT molecular complexity index is 525. The molecule has 0 saturated carbocycles. The van der Waals surface area contributed by atoms with Crippen molar-refractivity contribution >= 4 is 28.2 Å². The lowest BCUT2D eigenvalue weighted by atomic mass is 10.1. The first-order valence-electron chi connectivity index (χ1n) is 6.91. The molecule has 0 bridgehead atoms. The number of nitrogens with one attached hydrogen (secondary N) is 1. The van der Waals surface area contributed by atoms with Gasteiger partial charge in [-0.3, -0.25) is 4.79 Å². The van der Waals surface area contributed by atoms with Gasteiger partial charge in [0.05, 0.1) is 12.2 Å². The van der Waals surface area contributed by atoms with Crippen molar-refractivity contribution in [1.29, 1.82) is 0 Å². The Labute approximate surface area is 122 Å². The summed E-state index contributed by atoms with van der Waals surface area (Å²) in [4.78, 5) is 25.3. The molecule has 0 radical (unpaired) electrons. The van der Waals surface area contributed by atoms with Crippen LogP contribution in [0.5, 0.6) is 0 Å². The van der Waals surface area contributed by atoms with Crippen LogP contribution in [0, 0.1) is 5.92 Å². The molecule has 20 heavy (non-hydrogen) atoms. The Balaban J connectivity index is 2.29. The van der Waals surface area contributed by atoms with Crippen LogP contribution in [0.2, 0.25) is 0 Å². The summed E-state index contributed by atoms with van der Waals surface area (Å²) in [5.74, 6) is -0.775. The minimum absolute atomic E-state index is 0.155. The molecule has 3 N–H and O–H groups in total. The van der Waals surface area contributed by atoms with Gasteiger partial charge in [-0.1, -0.05) is 6.92 Å². The van der Waals surface area contributed by atoms with Crippen molar-refractivity contribution in [3.05, 3.63) is 16.0 Å². The van der Waals surface area contributed by atoms with Crippen LogP contribution in [0.4, 0.5) is 5.00 Å². The highest BCUT2D eigenvalue weighted by Crippen LogP contribution is 2.39. The van der Waals surface area contributed by atoms with E-state index in [4.69, 9.17) is 10.5 Å². The number of anilines is 1. The molecule has 0 saturated heterocycles. The summed E-state index contributed by atoms with van der Waals surface area (Å²) in [6.07, 6.45) is 2.90. The molecule has 1 aliphatic carbocycles. The predicted octanol–water partition coefficient (Wildman–Crippen LogP) is 1.95. The molecule has 1 amide bonds. The van der Waals surface area contributed by atoms with Gasteiger partial charge < -0.3 is 15.8 Å². The number of fused-ring (bicyclic) bond motifs is 1. The number of amides is 1. The first-order valence-corrected chi connectivity index (χ1v) is 7.72. The quantitative estimate of drug-likeness (QED) is 0.814. The number of carbonyl (C=O) groups excluding carboxylic acids is 2. The van der Waals surface area contributed by atoms with E-state index in [2.05, 4.69) is 5.32 Å². The molecule has 1 heterocycles. The number of carbonyl (C=O) groups is 2. The van der Waals surface area contributed by atoms with Gasteiger partial charge in [-0.2, -0.15) is 0 Å². The van der Waals surface area contributed by atoms with Crippen LogP contribution < -0.4 is 11.1 Å². The topological polar surface area (TPSA) is 81.4 Å². The van der Waals surface area contributed by atoms with Crippen LogP contribution in [0.1, 0.15) is 41.1 Å². The predicted molar refractivity (Wildman–Crippen MR) is 79.1 cm³/mol. The lowest BCUT2D eigenvalue weighted by Crippen LogP contribution is -2.27. The first kappa shape index (κ1) is 15.0. The van der Waals surface area contributed by atoms with E-state index < -0.39 is 0 Å². The molecule has 0 aromatic carbocycles. The van der Waals surface area contributed by atoms with Gasteiger partial charge >= 0.3 is 5.97 Å². The maximum atomic E-state index is 12.1. The van der Waals surface area contributed by atoms with Gasteiger partial charge in [0.2, 0.25) is 5.91 Å². The second-order valence-electron chi connectivity index (χ2n) is 4.91. The molecular formula is C14H20N2O3S. The van der Waals surface area contributed by atoms with Gasteiger partial charge in [0.15, 0.2) is 0 Å². The maximum absolute atomic E-state index is 12.1. The molecule has 1 aromatic heterocycles. The van der Waals surface area contributed by atoms with Crippen LogP contribution in [0.25, 0.3) is 0 Å². The smallest absolute Gasteiger partial charge is 0.341 e. The van der Waals surface area contributed by atoms with E-state index in [1.54, 1.807) is 13.8 Å². The standard InChI is InChI=1S/C14H20N2O3S/c1-3-19-14(18)11-9-5-4-6-10(9)20-13(11)16-12(17)8(2)7-15/h8H,3-7,15H2,1-2H3,(H,16,17). The summed E-state index contributed by atoms with van der Waals surface area (Å²) >= 11 is 1.49. The molecular weight excluding hydrogens is 276 g/mol. The molecule has 0 fully saturated rings. The molecule has 110 valence electrons. The number of esters is 1. The molecule has 1 aromatic rings. The number of aryl methyl sites for hydroxylation is 1. The molecule has 5 nitrogen and oxygen atoms in total.